The Morgan fingerprint density at radius 3 is 2.38 bits per heavy atom. The van der Waals surface area contributed by atoms with E-state index >= 15 is 0 Å². The standard InChI is InChI=1S/C15H13IN2O6/c1-3-23-11-6-8(5-10(16)12(11)24-7(2)19)4-9-13(20)17-15(22)18-14(9)21/h4-6H,3H2,1-2H3,(H2,17,18,20,21,22). The van der Waals surface area contributed by atoms with Gasteiger partial charge in [0.2, 0.25) is 0 Å². The van der Waals surface area contributed by atoms with E-state index in [0.717, 1.165) is 0 Å². The van der Waals surface area contributed by atoms with E-state index in [4.69, 9.17) is 9.47 Å². The molecule has 126 valence electrons. The Balaban J connectivity index is 2.46. The third-order valence-corrected chi connectivity index (χ3v) is 3.63. The van der Waals surface area contributed by atoms with Crippen molar-refractivity contribution in [3.8, 4) is 11.5 Å². The fourth-order valence-corrected chi connectivity index (χ4v) is 2.69. The van der Waals surface area contributed by atoms with Crippen LogP contribution in [0.3, 0.4) is 0 Å². The summed E-state index contributed by atoms with van der Waals surface area (Å²) in [4.78, 5) is 45.8. The fourth-order valence-electron chi connectivity index (χ4n) is 1.95. The molecule has 0 atom stereocenters. The quantitative estimate of drug-likeness (QED) is 0.239. The van der Waals surface area contributed by atoms with Crippen molar-refractivity contribution in [3.05, 3.63) is 26.8 Å². The van der Waals surface area contributed by atoms with E-state index in [1.807, 2.05) is 33.2 Å². The molecule has 2 N–H and O–H groups in total. The van der Waals surface area contributed by atoms with Crippen molar-refractivity contribution in [2.24, 2.45) is 0 Å². The van der Waals surface area contributed by atoms with Gasteiger partial charge < -0.3 is 9.47 Å². The van der Waals surface area contributed by atoms with E-state index in [0.29, 0.717) is 21.5 Å². The van der Waals surface area contributed by atoms with Crippen LogP contribution < -0.4 is 20.1 Å². The molecule has 1 saturated heterocycles. The Bertz CT molecular complexity index is 749. The first kappa shape index (κ1) is 17.9. The highest BCUT2D eigenvalue weighted by atomic mass is 127. The number of carbonyl (C=O) groups is 4. The largest absolute Gasteiger partial charge is 0.490 e. The molecule has 4 amide bonds. The number of hydrogen-bond acceptors (Lipinski definition) is 6. The van der Waals surface area contributed by atoms with Crippen molar-refractivity contribution in [2.45, 2.75) is 13.8 Å². The third kappa shape index (κ3) is 4.10. The van der Waals surface area contributed by atoms with Crippen molar-refractivity contribution in [2.75, 3.05) is 6.61 Å². The van der Waals surface area contributed by atoms with Gasteiger partial charge in [0.25, 0.3) is 11.8 Å². The van der Waals surface area contributed by atoms with Crippen LogP contribution in [-0.4, -0.2) is 30.4 Å². The van der Waals surface area contributed by atoms with E-state index in [1.54, 1.807) is 13.0 Å². The van der Waals surface area contributed by atoms with Crippen LogP contribution in [0.2, 0.25) is 0 Å². The molecule has 0 bridgehead atoms. The minimum absolute atomic E-state index is 0.215. The molecule has 1 fully saturated rings. The molecule has 0 unspecified atom stereocenters. The van der Waals surface area contributed by atoms with Crippen molar-refractivity contribution >= 4 is 52.5 Å². The number of urea groups is 1. The Morgan fingerprint density at radius 1 is 1.21 bits per heavy atom. The summed E-state index contributed by atoms with van der Waals surface area (Å²) in [5.41, 5.74) is 0.265. The lowest BCUT2D eigenvalue weighted by molar-refractivity contribution is -0.132. The van der Waals surface area contributed by atoms with Crippen LogP contribution in [0.25, 0.3) is 6.08 Å². The van der Waals surface area contributed by atoms with Crippen LogP contribution in [0.1, 0.15) is 19.4 Å². The third-order valence-electron chi connectivity index (χ3n) is 2.83. The number of ether oxygens (including phenoxy) is 2. The molecular formula is C15H13IN2O6. The first-order chi connectivity index (χ1) is 11.3. The van der Waals surface area contributed by atoms with Crippen LogP contribution in [0, 0.1) is 3.57 Å². The lowest BCUT2D eigenvalue weighted by atomic mass is 10.1. The van der Waals surface area contributed by atoms with E-state index in [9.17, 15) is 19.2 Å². The highest BCUT2D eigenvalue weighted by Crippen LogP contribution is 2.35. The predicted octanol–water partition coefficient (Wildman–Crippen LogP) is 1.36. The first-order valence-corrected chi connectivity index (χ1v) is 7.92. The van der Waals surface area contributed by atoms with Crippen molar-refractivity contribution in [3.63, 3.8) is 0 Å². The molecule has 24 heavy (non-hydrogen) atoms. The molecule has 2 rings (SSSR count). The van der Waals surface area contributed by atoms with Gasteiger partial charge in [0.1, 0.15) is 5.57 Å². The molecule has 0 spiro atoms. The van der Waals surface area contributed by atoms with E-state index < -0.39 is 23.8 Å². The molecule has 1 aromatic carbocycles. The lowest BCUT2D eigenvalue weighted by Gasteiger charge is -2.15. The molecule has 0 aromatic heterocycles. The average molecular weight is 444 g/mol. The van der Waals surface area contributed by atoms with Gasteiger partial charge in [0.05, 0.1) is 10.2 Å². The Hall–Kier alpha value is -2.43. The molecule has 0 saturated carbocycles. The molecular weight excluding hydrogens is 431 g/mol. The van der Waals surface area contributed by atoms with Crippen molar-refractivity contribution in [1.82, 2.24) is 10.6 Å². The average Bonchev–Trinajstić information content (AvgIpc) is 2.46. The van der Waals surface area contributed by atoms with Gasteiger partial charge in [-0.1, -0.05) is 0 Å². The summed E-state index contributed by atoms with van der Waals surface area (Å²) < 4.78 is 11.2. The minimum Gasteiger partial charge on any atom is -0.490 e. The second-order valence-electron chi connectivity index (χ2n) is 4.65. The number of benzene rings is 1. The van der Waals surface area contributed by atoms with Crippen LogP contribution >= 0.6 is 22.6 Å². The number of nitrogens with one attached hydrogen (secondary N) is 2. The number of barbiturate groups is 1. The normalized spacial score (nSPS) is 14.0. The number of carbonyl (C=O) groups excluding carboxylic acids is 4. The van der Waals surface area contributed by atoms with Crippen molar-refractivity contribution < 1.29 is 28.7 Å². The zero-order valence-electron chi connectivity index (χ0n) is 12.8. The maximum atomic E-state index is 11.8. The second kappa shape index (κ2) is 7.43. The fraction of sp³-hybridized carbons (Fsp3) is 0.200. The van der Waals surface area contributed by atoms with E-state index in [2.05, 4.69) is 0 Å². The molecule has 1 heterocycles. The SMILES string of the molecule is CCOc1cc(C=C2C(=O)NC(=O)NC2=O)cc(I)c1OC(C)=O. The van der Waals surface area contributed by atoms with Gasteiger partial charge in [-0.25, -0.2) is 4.79 Å². The number of halogens is 1. The van der Waals surface area contributed by atoms with E-state index in [-0.39, 0.29) is 11.3 Å². The maximum Gasteiger partial charge on any atom is 0.328 e. The number of amides is 4. The summed E-state index contributed by atoms with van der Waals surface area (Å²) in [6, 6.07) is 2.29. The van der Waals surface area contributed by atoms with Gasteiger partial charge in [0.15, 0.2) is 11.5 Å². The summed E-state index contributed by atoms with van der Waals surface area (Å²) in [6.07, 6.45) is 1.32. The highest BCUT2D eigenvalue weighted by Gasteiger charge is 2.28. The van der Waals surface area contributed by atoms with Crippen LogP contribution in [0.5, 0.6) is 11.5 Å². The Labute approximate surface area is 150 Å². The van der Waals surface area contributed by atoms with Gasteiger partial charge in [-0.3, -0.25) is 25.0 Å². The number of esters is 1. The molecule has 8 nitrogen and oxygen atoms in total. The molecule has 1 aliphatic heterocycles. The van der Waals surface area contributed by atoms with Gasteiger partial charge in [-0.05, 0) is 53.3 Å². The zero-order chi connectivity index (χ0) is 17.9. The number of hydrogen-bond donors (Lipinski definition) is 2. The Kier molecular flexibility index (Phi) is 5.54. The van der Waals surface area contributed by atoms with Gasteiger partial charge in [-0.15, -0.1) is 0 Å². The predicted molar refractivity (Wildman–Crippen MR) is 91.3 cm³/mol. The summed E-state index contributed by atoms with van der Waals surface area (Å²) in [5.74, 6) is -1.51. The monoisotopic (exact) mass is 444 g/mol. The van der Waals surface area contributed by atoms with Gasteiger partial charge >= 0.3 is 12.0 Å². The highest BCUT2D eigenvalue weighted by molar-refractivity contribution is 14.1. The molecule has 0 radical (unpaired) electrons. The topological polar surface area (TPSA) is 111 Å². The summed E-state index contributed by atoms with van der Waals surface area (Å²) in [7, 11) is 0. The Morgan fingerprint density at radius 2 is 1.83 bits per heavy atom. The molecule has 1 aromatic rings. The van der Waals surface area contributed by atoms with Gasteiger partial charge in [-0.2, -0.15) is 0 Å². The summed E-state index contributed by atoms with van der Waals surface area (Å²) >= 11 is 1.95. The number of rotatable bonds is 4. The van der Waals surface area contributed by atoms with Crippen molar-refractivity contribution in [1.29, 1.82) is 0 Å². The molecule has 0 aliphatic carbocycles. The summed E-state index contributed by atoms with van der Waals surface area (Å²) in [6.45, 7) is 3.37. The number of imide groups is 2. The molecule has 9 heteroatoms. The first-order valence-electron chi connectivity index (χ1n) is 6.85. The van der Waals surface area contributed by atoms with Crippen LogP contribution in [0.4, 0.5) is 4.79 Å². The summed E-state index contributed by atoms with van der Waals surface area (Å²) in [5, 5.41) is 3.98. The smallest absolute Gasteiger partial charge is 0.328 e. The van der Waals surface area contributed by atoms with Crippen LogP contribution in [-0.2, 0) is 14.4 Å². The molecule has 1 aliphatic rings. The zero-order valence-corrected chi connectivity index (χ0v) is 14.9. The van der Waals surface area contributed by atoms with Gasteiger partial charge in [0, 0.05) is 6.92 Å². The minimum atomic E-state index is -0.864. The van der Waals surface area contributed by atoms with Crippen LogP contribution in [0.15, 0.2) is 17.7 Å². The lowest BCUT2D eigenvalue weighted by Crippen LogP contribution is -2.51. The van der Waals surface area contributed by atoms with E-state index in [1.165, 1.54) is 19.1 Å². The maximum absolute atomic E-state index is 11.8. The second-order valence-corrected chi connectivity index (χ2v) is 5.81.